The third-order valence-electron chi connectivity index (χ3n) is 5.64. The molecule has 35 heavy (non-hydrogen) atoms. The SMILES string of the molecule is CCOC(=O)C1=C(C)N=c2s/c(=C\c3cccc(OC)c3)c(=O)n2C1c1cccc(OC)c1OC. The third-order valence-corrected chi connectivity index (χ3v) is 6.62. The first-order valence-electron chi connectivity index (χ1n) is 11.0. The molecular formula is C26H26N2O6S. The van der Waals surface area contributed by atoms with Crippen molar-refractivity contribution in [2.24, 2.45) is 4.99 Å². The molecular weight excluding hydrogens is 468 g/mol. The van der Waals surface area contributed by atoms with Crippen LogP contribution in [0.3, 0.4) is 0 Å². The first-order chi connectivity index (χ1) is 16.9. The Bertz CT molecular complexity index is 1480. The standard InChI is InChI=1S/C26H26N2O6S/c1-6-34-25(30)21-15(2)27-26-28(22(21)18-11-8-12-19(32-4)23(18)33-5)24(29)20(35-26)14-16-9-7-10-17(13-16)31-3/h7-14,22H,6H2,1-5H3/b20-14-. The van der Waals surface area contributed by atoms with Crippen molar-refractivity contribution in [1.82, 2.24) is 4.57 Å². The first kappa shape index (κ1) is 24.3. The second-order valence-electron chi connectivity index (χ2n) is 7.66. The highest BCUT2D eigenvalue weighted by Gasteiger charge is 2.35. The van der Waals surface area contributed by atoms with Crippen LogP contribution in [0.2, 0.25) is 0 Å². The Balaban J connectivity index is 2.01. The molecule has 0 radical (unpaired) electrons. The average Bonchev–Trinajstić information content (AvgIpc) is 3.16. The summed E-state index contributed by atoms with van der Waals surface area (Å²) >= 11 is 1.25. The summed E-state index contributed by atoms with van der Waals surface area (Å²) < 4.78 is 23.8. The highest BCUT2D eigenvalue weighted by Crippen LogP contribution is 2.40. The van der Waals surface area contributed by atoms with Crippen LogP contribution in [0.1, 0.15) is 31.0 Å². The van der Waals surface area contributed by atoms with Crippen LogP contribution >= 0.6 is 11.3 Å². The van der Waals surface area contributed by atoms with Crippen LogP contribution in [-0.4, -0.2) is 38.5 Å². The summed E-state index contributed by atoms with van der Waals surface area (Å²) in [7, 11) is 4.65. The van der Waals surface area contributed by atoms with E-state index in [1.54, 1.807) is 39.2 Å². The first-order valence-corrected chi connectivity index (χ1v) is 11.8. The van der Waals surface area contributed by atoms with Crippen molar-refractivity contribution in [2.75, 3.05) is 27.9 Å². The lowest BCUT2D eigenvalue weighted by Gasteiger charge is -2.26. The number of para-hydroxylation sites is 1. The van der Waals surface area contributed by atoms with E-state index < -0.39 is 12.0 Å². The summed E-state index contributed by atoms with van der Waals surface area (Å²) in [5.41, 5.74) is 1.89. The van der Waals surface area contributed by atoms with Crippen molar-refractivity contribution in [3.8, 4) is 17.2 Å². The molecule has 1 aromatic heterocycles. The number of benzene rings is 2. The molecule has 1 atom stereocenters. The summed E-state index contributed by atoms with van der Waals surface area (Å²) in [4.78, 5) is 31.9. The lowest BCUT2D eigenvalue weighted by molar-refractivity contribution is -0.139. The molecule has 0 N–H and O–H groups in total. The van der Waals surface area contributed by atoms with E-state index in [0.29, 0.717) is 37.8 Å². The van der Waals surface area contributed by atoms with Gasteiger partial charge in [-0.15, -0.1) is 0 Å². The fraction of sp³-hybridized carbons (Fsp3) is 0.269. The van der Waals surface area contributed by atoms with Crippen molar-refractivity contribution in [1.29, 1.82) is 0 Å². The Labute approximate surface area is 206 Å². The predicted octanol–water partition coefficient (Wildman–Crippen LogP) is 2.82. The molecule has 1 aliphatic rings. The van der Waals surface area contributed by atoms with Crippen molar-refractivity contribution >= 4 is 23.4 Å². The summed E-state index contributed by atoms with van der Waals surface area (Å²) in [5.74, 6) is 1.07. The van der Waals surface area contributed by atoms with Crippen LogP contribution in [0.4, 0.5) is 0 Å². The Morgan fingerprint density at radius 3 is 2.57 bits per heavy atom. The van der Waals surface area contributed by atoms with Crippen LogP contribution in [0.5, 0.6) is 17.2 Å². The molecule has 0 bridgehead atoms. The normalized spacial score (nSPS) is 15.3. The van der Waals surface area contributed by atoms with E-state index in [4.69, 9.17) is 18.9 Å². The number of carbonyl (C=O) groups is 1. The predicted molar refractivity (Wildman–Crippen MR) is 133 cm³/mol. The molecule has 0 spiro atoms. The number of methoxy groups -OCH3 is 3. The van der Waals surface area contributed by atoms with Crippen molar-refractivity contribution in [3.05, 3.63) is 84.5 Å². The topological polar surface area (TPSA) is 88.4 Å². The molecule has 9 heteroatoms. The zero-order valence-electron chi connectivity index (χ0n) is 20.2. The van der Waals surface area contributed by atoms with E-state index >= 15 is 0 Å². The van der Waals surface area contributed by atoms with Crippen LogP contribution in [-0.2, 0) is 9.53 Å². The fourth-order valence-corrected chi connectivity index (χ4v) is 5.14. The number of hydrogen-bond acceptors (Lipinski definition) is 8. The van der Waals surface area contributed by atoms with Crippen LogP contribution in [0.15, 0.2) is 63.5 Å². The molecule has 1 unspecified atom stereocenters. The number of thiazole rings is 1. The van der Waals surface area contributed by atoms with Gasteiger partial charge >= 0.3 is 5.97 Å². The summed E-state index contributed by atoms with van der Waals surface area (Å²) in [6.07, 6.45) is 1.79. The number of ether oxygens (including phenoxy) is 4. The van der Waals surface area contributed by atoms with E-state index in [1.807, 2.05) is 30.3 Å². The molecule has 0 saturated carbocycles. The molecule has 182 valence electrons. The van der Waals surface area contributed by atoms with Gasteiger partial charge in [-0.2, -0.15) is 0 Å². The van der Waals surface area contributed by atoms with Crippen LogP contribution in [0, 0.1) is 0 Å². The van der Waals surface area contributed by atoms with Gasteiger partial charge in [-0.05, 0) is 43.7 Å². The fourth-order valence-electron chi connectivity index (χ4n) is 4.10. The number of rotatable bonds is 7. The summed E-state index contributed by atoms with van der Waals surface area (Å²) in [6, 6.07) is 12.0. The molecule has 0 fully saturated rings. The zero-order chi connectivity index (χ0) is 25.1. The molecule has 0 saturated heterocycles. The van der Waals surface area contributed by atoms with E-state index in [2.05, 4.69) is 4.99 Å². The van der Waals surface area contributed by atoms with Gasteiger partial charge in [0.25, 0.3) is 5.56 Å². The summed E-state index contributed by atoms with van der Waals surface area (Å²) in [5, 5.41) is 0. The second kappa shape index (κ2) is 10.2. The van der Waals surface area contributed by atoms with Gasteiger partial charge in [0, 0.05) is 5.56 Å². The van der Waals surface area contributed by atoms with Gasteiger partial charge in [-0.25, -0.2) is 9.79 Å². The maximum atomic E-state index is 13.7. The number of allylic oxidation sites excluding steroid dienone is 1. The average molecular weight is 495 g/mol. The quantitative estimate of drug-likeness (QED) is 0.470. The Morgan fingerprint density at radius 2 is 1.89 bits per heavy atom. The highest BCUT2D eigenvalue weighted by atomic mass is 32.1. The molecule has 2 aromatic carbocycles. The van der Waals surface area contributed by atoms with Gasteiger partial charge in [0.05, 0.1) is 43.7 Å². The Hall–Kier alpha value is -3.85. The minimum atomic E-state index is -0.803. The molecule has 1 aliphatic heterocycles. The number of aromatic nitrogens is 1. The second-order valence-corrected chi connectivity index (χ2v) is 8.67. The highest BCUT2D eigenvalue weighted by molar-refractivity contribution is 7.07. The maximum absolute atomic E-state index is 13.7. The molecule has 4 rings (SSSR count). The van der Waals surface area contributed by atoms with Gasteiger partial charge in [0.1, 0.15) is 11.8 Å². The number of esters is 1. The molecule has 3 aromatic rings. The van der Waals surface area contributed by atoms with Gasteiger partial charge in [-0.3, -0.25) is 9.36 Å². The minimum Gasteiger partial charge on any atom is -0.497 e. The van der Waals surface area contributed by atoms with Gasteiger partial charge < -0.3 is 18.9 Å². The smallest absolute Gasteiger partial charge is 0.338 e. The Morgan fingerprint density at radius 1 is 1.11 bits per heavy atom. The van der Waals surface area contributed by atoms with Crippen molar-refractivity contribution in [2.45, 2.75) is 19.9 Å². The van der Waals surface area contributed by atoms with Crippen molar-refractivity contribution < 1.29 is 23.7 Å². The molecule has 2 heterocycles. The number of hydrogen-bond donors (Lipinski definition) is 0. The Kier molecular flexibility index (Phi) is 7.07. The van der Waals surface area contributed by atoms with Gasteiger partial charge in [-0.1, -0.05) is 35.6 Å². The monoisotopic (exact) mass is 494 g/mol. The number of nitrogens with zero attached hydrogens (tertiary/aromatic N) is 2. The number of fused-ring (bicyclic) bond motifs is 1. The molecule has 0 aliphatic carbocycles. The third kappa shape index (κ3) is 4.46. The van der Waals surface area contributed by atoms with E-state index in [0.717, 1.165) is 5.56 Å². The van der Waals surface area contributed by atoms with Crippen molar-refractivity contribution in [3.63, 3.8) is 0 Å². The zero-order valence-corrected chi connectivity index (χ0v) is 21.0. The van der Waals surface area contributed by atoms with E-state index in [-0.39, 0.29) is 17.7 Å². The van der Waals surface area contributed by atoms with E-state index in [1.165, 1.54) is 30.1 Å². The van der Waals surface area contributed by atoms with Gasteiger partial charge in [0.2, 0.25) is 0 Å². The summed E-state index contributed by atoms with van der Waals surface area (Å²) in [6.45, 7) is 3.67. The maximum Gasteiger partial charge on any atom is 0.338 e. The lowest BCUT2D eigenvalue weighted by atomic mass is 9.94. The molecule has 0 amide bonds. The number of carbonyl (C=O) groups excluding carboxylic acids is 1. The van der Waals surface area contributed by atoms with Gasteiger partial charge in [0.15, 0.2) is 16.3 Å². The lowest BCUT2D eigenvalue weighted by Crippen LogP contribution is -2.40. The van der Waals surface area contributed by atoms with E-state index in [9.17, 15) is 9.59 Å². The van der Waals surface area contributed by atoms with Crippen LogP contribution < -0.4 is 29.1 Å². The minimum absolute atomic E-state index is 0.192. The molecule has 8 nitrogen and oxygen atoms in total. The largest absolute Gasteiger partial charge is 0.497 e. The van der Waals surface area contributed by atoms with Crippen LogP contribution in [0.25, 0.3) is 6.08 Å².